The zero-order valence-corrected chi connectivity index (χ0v) is 46.0. The zero-order chi connectivity index (χ0) is 55.5. The monoisotopic (exact) mass is 1040 g/mol. The first-order chi connectivity index (χ1) is 34.2. The number of nitrogens with one attached hydrogen (secondary N) is 7. The van der Waals surface area contributed by atoms with Crippen molar-refractivity contribution in [1.82, 2.24) is 37.2 Å². The number of carbonyl (C=O) groups is 10. The summed E-state index contributed by atoms with van der Waals surface area (Å²) in [5, 5.41) is 37.9. The Morgan fingerprint density at radius 1 is 0.507 bits per heavy atom. The molecule has 0 aliphatic carbocycles. The van der Waals surface area contributed by atoms with Gasteiger partial charge in [0.1, 0.15) is 48.4 Å². The number of hydrogen-bond acceptors (Lipinski definition) is 11. The van der Waals surface area contributed by atoms with Crippen LogP contribution in [0.3, 0.4) is 0 Å². The van der Waals surface area contributed by atoms with Crippen LogP contribution >= 0.6 is 0 Å². The largest absolute Gasteiger partial charge is 0.481 e. The fourth-order valence-electron chi connectivity index (χ4n) is 8.50. The Morgan fingerprint density at radius 3 is 1.40 bits per heavy atom. The van der Waals surface area contributed by atoms with Crippen molar-refractivity contribution in [1.29, 1.82) is 0 Å². The number of amides is 7. The Hall–Kier alpha value is -5.30. The molecule has 1 aliphatic rings. The molecule has 0 bridgehead atoms. The molecule has 10 atom stereocenters. The predicted octanol–water partition coefficient (Wildman–Crippen LogP) is 5.04. The standard InChI is InChI=1S/C53H93N7O13/c1-13-34(11)21-19-17-15-16-18-20-22-36-28-42(61)54-37(23-24-43(62)63)47(66)55-38(25-30(3)4)48(67)56-39(26-31(5)6)50(69)59-45(33(9)10)52(71)58-41(29-44(64)65)49(68)57-40(27-32(7)8)51(70)60-46(35(12)14-2)53(72)73-36/h30-41,45-46H,13-29H2,1-12H3,(H,54,61)(H,55,66)(H,56,67)(H,57,68)(H,58,71)(H,59,69)(H,60,70)(H,62,63)(H,64,65). The highest BCUT2D eigenvalue weighted by Crippen LogP contribution is 2.20. The van der Waals surface area contributed by atoms with E-state index in [9.17, 15) is 58.2 Å². The molecular weight excluding hydrogens is 943 g/mol. The molecule has 1 heterocycles. The van der Waals surface area contributed by atoms with Gasteiger partial charge in [0, 0.05) is 6.42 Å². The molecule has 9 N–H and O–H groups in total. The van der Waals surface area contributed by atoms with E-state index in [1.54, 1.807) is 69.2 Å². The number of aliphatic carboxylic acids is 2. The minimum Gasteiger partial charge on any atom is -0.481 e. The summed E-state index contributed by atoms with van der Waals surface area (Å²) in [5.41, 5.74) is 0. The molecule has 1 saturated heterocycles. The molecule has 0 spiro atoms. The third-order valence-electron chi connectivity index (χ3n) is 13.2. The fourth-order valence-corrected chi connectivity index (χ4v) is 8.50. The van der Waals surface area contributed by atoms with Crippen LogP contribution in [-0.4, -0.2) is 118 Å². The van der Waals surface area contributed by atoms with Crippen LogP contribution in [0.4, 0.5) is 0 Å². The van der Waals surface area contributed by atoms with Crippen LogP contribution in [0.5, 0.6) is 0 Å². The Balaban J connectivity index is 3.97. The van der Waals surface area contributed by atoms with Crippen LogP contribution in [0.25, 0.3) is 0 Å². The van der Waals surface area contributed by atoms with Crippen molar-refractivity contribution in [2.24, 2.45) is 35.5 Å². The lowest BCUT2D eigenvalue weighted by molar-refractivity contribution is -0.156. The van der Waals surface area contributed by atoms with Gasteiger partial charge in [-0.15, -0.1) is 0 Å². The van der Waals surface area contributed by atoms with E-state index in [-0.39, 0.29) is 49.9 Å². The molecule has 0 saturated carbocycles. The van der Waals surface area contributed by atoms with Gasteiger partial charge in [-0.25, -0.2) is 4.79 Å². The van der Waals surface area contributed by atoms with Gasteiger partial charge in [-0.2, -0.15) is 0 Å². The number of carboxylic acid groups (broad SMARTS) is 2. The average molecular weight is 1040 g/mol. The molecule has 73 heavy (non-hydrogen) atoms. The van der Waals surface area contributed by atoms with Crippen LogP contribution in [0.15, 0.2) is 0 Å². The Labute approximate surface area is 434 Å². The lowest BCUT2D eigenvalue weighted by Gasteiger charge is -2.30. The lowest BCUT2D eigenvalue weighted by atomic mass is 9.97. The topological polar surface area (TPSA) is 305 Å². The zero-order valence-electron chi connectivity index (χ0n) is 46.0. The third-order valence-corrected chi connectivity index (χ3v) is 13.2. The Bertz CT molecular complexity index is 1810. The minimum atomic E-state index is -1.72. The van der Waals surface area contributed by atoms with Crippen LogP contribution < -0.4 is 37.2 Å². The molecule has 10 unspecified atom stereocenters. The molecule has 1 rings (SSSR count). The van der Waals surface area contributed by atoms with E-state index in [0.29, 0.717) is 18.8 Å². The van der Waals surface area contributed by atoms with Crippen LogP contribution in [-0.2, 0) is 52.7 Å². The van der Waals surface area contributed by atoms with Gasteiger partial charge in [-0.1, -0.05) is 134 Å². The number of cyclic esters (lactones) is 1. The molecule has 0 radical (unpaired) electrons. The second-order valence-electron chi connectivity index (χ2n) is 21.9. The number of unbranched alkanes of at least 4 members (excludes halogenated alkanes) is 5. The van der Waals surface area contributed by atoms with Crippen molar-refractivity contribution in [3.63, 3.8) is 0 Å². The van der Waals surface area contributed by atoms with Crippen molar-refractivity contribution in [3.05, 3.63) is 0 Å². The molecule has 1 aliphatic heterocycles. The number of carbonyl (C=O) groups excluding carboxylic acids is 8. The van der Waals surface area contributed by atoms with Gasteiger partial charge >= 0.3 is 17.9 Å². The predicted molar refractivity (Wildman–Crippen MR) is 276 cm³/mol. The van der Waals surface area contributed by atoms with E-state index in [1.807, 2.05) is 0 Å². The van der Waals surface area contributed by atoms with Crippen molar-refractivity contribution in [2.75, 3.05) is 0 Å². The first-order valence-corrected chi connectivity index (χ1v) is 26.9. The SMILES string of the molecule is CCC(C)CCCCCCCCC1CC(=O)NC(CCC(=O)O)C(=O)NC(CC(C)C)C(=O)NC(CC(C)C)C(=O)NC(C(C)C)C(=O)NC(CC(=O)O)C(=O)NC(CC(C)C)C(=O)NC(C(C)CC)C(=O)O1. The minimum absolute atomic E-state index is 0.0380. The summed E-state index contributed by atoms with van der Waals surface area (Å²) < 4.78 is 6.06. The lowest BCUT2D eigenvalue weighted by Crippen LogP contribution is -2.61. The molecule has 0 aromatic heterocycles. The summed E-state index contributed by atoms with van der Waals surface area (Å²) in [5.74, 6) is -10.5. The first-order valence-electron chi connectivity index (χ1n) is 26.9. The maximum absolute atomic E-state index is 14.3. The van der Waals surface area contributed by atoms with E-state index in [2.05, 4.69) is 51.1 Å². The number of hydrogen-bond donors (Lipinski definition) is 9. The fraction of sp³-hybridized carbons (Fsp3) is 0.811. The van der Waals surface area contributed by atoms with Gasteiger partial charge in [0.15, 0.2) is 0 Å². The van der Waals surface area contributed by atoms with E-state index in [0.717, 1.165) is 44.9 Å². The van der Waals surface area contributed by atoms with Gasteiger partial charge in [-0.05, 0) is 74.0 Å². The van der Waals surface area contributed by atoms with Crippen LogP contribution in [0.1, 0.15) is 192 Å². The molecule has 20 nitrogen and oxygen atoms in total. The van der Waals surface area contributed by atoms with Gasteiger partial charge in [0.25, 0.3) is 0 Å². The van der Waals surface area contributed by atoms with Gasteiger partial charge in [-0.3, -0.25) is 43.2 Å². The molecule has 0 aromatic rings. The van der Waals surface area contributed by atoms with Crippen molar-refractivity contribution in [2.45, 2.75) is 241 Å². The molecule has 418 valence electrons. The number of rotatable bonds is 24. The van der Waals surface area contributed by atoms with Crippen molar-refractivity contribution in [3.8, 4) is 0 Å². The number of esters is 1. The quantitative estimate of drug-likeness (QED) is 0.0453. The summed E-state index contributed by atoms with van der Waals surface area (Å²) in [6.07, 6.45) is 5.26. The second-order valence-corrected chi connectivity index (χ2v) is 21.9. The normalized spacial score (nSPS) is 24.8. The summed E-state index contributed by atoms with van der Waals surface area (Å²) in [6.45, 7) is 21.9. The van der Waals surface area contributed by atoms with Crippen molar-refractivity contribution >= 4 is 59.3 Å². The summed E-state index contributed by atoms with van der Waals surface area (Å²) >= 11 is 0. The Morgan fingerprint density at radius 2 is 0.945 bits per heavy atom. The van der Waals surface area contributed by atoms with E-state index in [1.165, 1.54) is 0 Å². The maximum atomic E-state index is 14.3. The van der Waals surface area contributed by atoms with Gasteiger partial charge < -0.3 is 52.2 Å². The smallest absolute Gasteiger partial charge is 0.329 e. The summed E-state index contributed by atoms with van der Waals surface area (Å²) in [4.78, 5) is 137. The second kappa shape index (κ2) is 34.2. The highest BCUT2D eigenvalue weighted by Gasteiger charge is 2.38. The van der Waals surface area contributed by atoms with Gasteiger partial charge in [0.05, 0.1) is 12.8 Å². The van der Waals surface area contributed by atoms with E-state index in [4.69, 9.17) is 4.74 Å². The van der Waals surface area contributed by atoms with Crippen LogP contribution in [0.2, 0.25) is 0 Å². The molecule has 20 heteroatoms. The van der Waals surface area contributed by atoms with Gasteiger partial charge in [0.2, 0.25) is 41.4 Å². The number of ether oxygens (including phenoxy) is 1. The highest BCUT2D eigenvalue weighted by molar-refractivity contribution is 5.98. The average Bonchev–Trinajstić information content (AvgIpc) is 3.29. The van der Waals surface area contributed by atoms with Crippen LogP contribution in [0, 0.1) is 35.5 Å². The number of carboxylic acids is 2. The molecular formula is C53H93N7O13. The summed E-state index contributed by atoms with van der Waals surface area (Å²) in [7, 11) is 0. The molecule has 1 fully saturated rings. The molecule has 0 aromatic carbocycles. The highest BCUT2D eigenvalue weighted by atomic mass is 16.5. The van der Waals surface area contributed by atoms with Crippen molar-refractivity contribution < 1.29 is 62.9 Å². The summed E-state index contributed by atoms with van der Waals surface area (Å²) in [6, 6.07) is -9.66. The third kappa shape index (κ3) is 26.5. The first kappa shape index (κ1) is 65.7. The maximum Gasteiger partial charge on any atom is 0.329 e. The van der Waals surface area contributed by atoms with E-state index >= 15 is 0 Å². The molecule has 7 amide bonds. The van der Waals surface area contributed by atoms with E-state index < -0.39 is 139 Å². The Kier molecular flexibility index (Phi) is 30.8.